The second kappa shape index (κ2) is 5.75. The highest BCUT2D eigenvalue weighted by atomic mass is 16.2. The quantitative estimate of drug-likeness (QED) is 0.670. The molecule has 5 nitrogen and oxygen atoms in total. The molecule has 0 spiro atoms. The van der Waals surface area contributed by atoms with E-state index in [2.05, 4.69) is 11.9 Å². The molecule has 2 rings (SSSR count). The van der Waals surface area contributed by atoms with E-state index in [-0.39, 0.29) is 35.4 Å². The zero-order valence-corrected chi connectivity index (χ0v) is 13.1. The van der Waals surface area contributed by atoms with Crippen molar-refractivity contribution in [2.75, 3.05) is 6.54 Å². The number of hydrogen-bond acceptors (Lipinski definition) is 3. The number of amides is 3. The molecule has 0 saturated heterocycles. The van der Waals surface area contributed by atoms with Gasteiger partial charge < -0.3 is 5.32 Å². The van der Waals surface area contributed by atoms with Crippen LogP contribution in [0.5, 0.6) is 0 Å². The van der Waals surface area contributed by atoms with Crippen LogP contribution in [-0.2, 0) is 0 Å². The van der Waals surface area contributed by atoms with Gasteiger partial charge in [-0.25, -0.2) is 0 Å². The molecule has 0 bridgehead atoms. The molecule has 0 saturated carbocycles. The lowest BCUT2D eigenvalue weighted by atomic mass is 10.00. The van der Waals surface area contributed by atoms with Crippen molar-refractivity contribution in [3.05, 3.63) is 47.5 Å². The molecule has 0 fully saturated rings. The number of carbonyl (C=O) groups excluding carboxylic acids is 3. The summed E-state index contributed by atoms with van der Waals surface area (Å²) < 4.78 is 0. The van der Waals surface area contributed by atoms with Gasteiger partial charge in [-0.2, -0.15) is 0 Å². The first-order valence-electron chi connectivity index (χ1n) is 7.24. The van der Waals surface area contributed by atoms with E-state index in [1.54, 1.807) is 6.07 Å². The minimum Gasteiger partial charge on any atom is -0.347 e. The molecule has 5 heteroatoms. The van der Waals surface area contributed by atoms with Gasteiger partial charge in [0.2, 0.25) is 0 Å². The molecule has 0 aliphatic carbocycles. The predicted molar refractivity (Wildman–Crippen MR) is 83.8 cm³/mol. The second-order valence-electron chi connectivity index (χ2n) is 5.96. The van der Waals surface area contributed by atoms with Crippen LogP contribution in [0.25, 0.3) is 0 Å². The van der Waals surface area contributed by atoms with Gasteiger partial charge in [-0.1, -0.05) is 13.0 Å². The Hall–Kier alpha value is -2.43. The number of imide groups is 1. The van der Waals surface area contributed by atoms with Crippen molar-refractivity contribution < 1.29 is 14.4 Å². The van der Waals surface area contributed by atoms with Crippen LogP contribution in [0.15, 0.2) is 30.9 Å². The van der Waals surface area contributed by atoms with Gasteiger partial charge in [0.25, 0.3) is 17.7 Å². The van der Waals surface area contributed by atoms with E-state index in [4.69, 9.17) is 0 Å². The highest BCUT2D eigenvalue weighted by Gasteiger charge is 2.35. The van der Waals surface area contributed by atoms with Gasteiger partial charge in [0, 0.05) is 17.6 Å². The summed E-state index contributed by atoms with van der Waals surface area (Å²) in [5.41, 5.74) is 0.652. The molecule has 116 valence electrons. The third kappa shape index (κ3) is 2.79. The number of rotatable bonds is 5. The Kier molecular flexibility index (Phi) is 4.17. The van der Waals surface area contributed by atoms with Gasteiger partial charge in [-0.3, -0.25) is 19.3 Å². The Balaban J connectivity index is 2.31. The molecule has 22 heavy (non-hydrogen) atoms. The summed E-state index contributed by atoms with van der Waals surface area (Å²) in [6.45, 7) is 9.55. The molecule has 0 atom stereocenters. The molecule has 1 aliphatic heterocycles. The summed E-state index contributed by atoms with van der Waals surface area (Å²) in [5, 5.41) is 2.91. The Morgan fingerprint density at radius 3 is 2.50 bits per heavy atom. The maximum atomic E-state index is 12.3. The van der Waals surface area contributed by atoms with E-state index in [0.29, 0.717) is 11.1 Å². The zero-order chi connectivity index (χ0) is 16.5. The van der Waals surface area contributed by atoms with Crippen LogP contribution in [0.4, 0.5) is 0 Å². The number of nitrogens with zero attached hydrogens (tertiary/aromatic N) is 1. The first kappa shape index (κ1) is 15.9. The third-order valence-electron chi connectivity index (χ3n) is 3.88. The van der Waals surface area contributed by atoms with E-state index < -0.39 is 0 Å². The first-order valence-corrected chi connectivity index (χ1v) is 7.24. The number of carbonyl (C=O) groups is 3. The maximum Gasteiger partial charge on any atom is 0.261 e. The van der Waals surface area contributed by atoms with Crippen molar-refractivity contribution in [1.82, 2.24) is 10.2 Å². The molecule has 0 aromatic heterocycles. The first-order chi connectivity index (χ1) is 10.3. The summed E-state index contributed by atoms with van der Waals surface area (Å²) in [5.74, 6) is -0.984. The fraction of sp³-hybridized carbons (Fsp3) is 0.353. The van der Waals surface area contributed by atoms with Crippen molar-refractivity contribution in [1.29, 1.82) is 0 Å². The molecule has 0 radical (unpaired) electrons. The van der Waals surface area contributed by atoms with Crippen molar-refractivity contribution in [2.24, 2.45) is 0 Å². The molecule has 0 unspecified atom stereocenters. The summed E-state index contributed by atoms with van der Waals surface area (Å²) in [6.07, 6.45) is 2.28. The van der Waals surface area contributed by atoms with Crippen LogP contribution in [-0.4, -0.2) is 34.7 Å². The van der Waals surface area contributed by atoms with Gasteiger partial charge >= 0.3 is 0 Å². The Labute approximate surface area is 130 Å². The topological polar surface area (TPSA) is 66.5 Å². The molecular formula is C17H20N2O3. The number of fused-ring (bicyclic) bond motifs is 1. The van der Waals surface area contributed by atoms with E-state index in [1.807, 2.05) is 20.8 Å². The molecule has 1 aliphatic rings. The van der Waals surface area contributed by atoms with Crippen LogP contribution in [0.3, 0.4) is 0 Å². The molecule has 1 aromatic rings. The maximum absolute atomic E-state index is 12.3. The lowest BCUT2D eigenvalue weighted by molar-refractivity contribution is 0.0671. The summed E-state index contributed by atoms with van der Waals surface area (Å²) in [4.78, 5) is 37.7. The number of nitrogens with one attached hydrogen (secondary N) is 1. The highest BCUT2D eigenvalue weighted by Crippen LogP contribution is 2.24. The molecule has 1 heterocycles. The van der Waals surface area contributed by atoms with Gasteiger partial charge in [-0.05, 0) is 38.5 Å². The van der Waals surface area contributed by atoms with E-state index in [1.165, 1.54) is 18.2 Å². The van der Waals surface area contributed by atoms with Crippen LogP contribution >= 0.6 is 0 Å². The molecular weight excluding hydrogens is 280 g/mol. The average Bonchev–Trinajstić information content (AvgIpc) is 2.72. The number of benzene rings is 1. The zero-order valence-electron chi connectivity index (χ0n) is 13.1. The lowest BCUT2D eigenvalue weighted by Crippen LogP contribution is -2.42. The van der Waals surface area contributed by atoms with Crippen molar-refractivity contribution in [3.63, 3.8) is 0 Å². The predicted octanol–water partition coefficient (Wildman–Crippen LogP) is 2.39. The van der Waals surface area contributed by atoms with E-state index >= 15 is 0 Å². The fourth-order valence-electron chi connectivity index (χ4n) is 2.19. The fourth-order valence-corrected chi connectivity index (χ4v) is 2.19. The average molecular weight is 300 g/mol. The molecule has 3 amide bonds. The monoisotopic (exact) mass is 300 g/mol. The van der Waals surface area contributed by atoms with Crippen LogP contribution in [0, 0.1) is 0 Å². The summed E-state index contributed by atoms with van der Waals surface area (Å²) in [7, 11) is 0. The van der Waals surface area contributed by atoms with Crippen molar-refractivity contribution in [2.45, 2.75) is 32.7 Å². The number of hydrogen-bond donors (Lipinski definition) is 1. The SMILES string of the molecule is C=CCN1C(=O)c2ccc(C(=O)NC(C)(C)CC)cc2C1=O. The molecule has 1 aromatic carbocycles. The van der Waals surface area contributed by atoms with Gasteiger partial charge in [-0.15, -0.1) is 6.58 Å². The van der Waals surface area contributed by atoms with E-state index in [9.17, 15) is 14.4 Å². The van der Waals surface area contributed by atoms with Crippen LogP contribution < -0.4 is 5.32 Å². The van der Waals surface area contributed by atoms with Crippen LogP contribution in [0.2, 0.25) is 0 Å². The third-order valence-corrected chi connectivity index (χ3v) is 3.88. The minimum atomic E-state index is -0.385. The largest absolute Gasteiger partial charge is 0.347 e. The lowest BCUT2D eigenvalue weighted by Gasteiger charge is -2.24. The smallest absolute Gasteiger partial charge is 0.261 e. The normalized spacial score (nSPS) is 14.0. The Morgan fingerprint density at radius 1 is 1.27 bits per heavy atom. The van der Waals surface area contributed by atoms with Crippen molar-refractivity contribution in [3.8, 4) is 0 Å². The van der Waals surface area contributed by atoms with Gasteiger partial charge in [0.05, 0.1) is 11.1 Å². The minimum absolute atomic E-state index is 0.163. The molecule has 1 N–H and O–H groups in total. The standard InChI is InChI=1S/C17H20N2O3/c1-5-9-19-15(21)12-8-7-11(10-13(12)16(19)22)14(20)18-17(3,4)6-2/h5,7-8,10H,1,6,9H2,2-4H3,(H,18,20). The second-order valence-corrected chi connectivity index (χ2v) is 5.96. The Bertz CT molecular complexity index is 662. The summed E-state index contributed by atoms with van der Waals surface area (Å²) in [6, 6.07) is 4.59. The van der Waals surface area contributed by atoms with E-state index in [0.717, 1.165) is 11.3 Å². The van der Waals surface area contributed by atoms with Gasteiger partial charge in [0.1, 0.15) is 0 Å². The Morgan fingerprint density at radius 2 is 1.91 bits per heavy atom. The summed E-state index contributed by atoms with van der Waals surface area (Å²) >= 11 is 0. The van der Waals surface area contributed by atoms with Gasteiger partial charge in [0.15, 0.2) is 0 Å². The van der Waals surface area contributed by atoms with Crippen LogP contribution in [0.1, 0.15) is 58.3 Å². The highest BCUT2D eigenvalue weighted by molar-refractivity contribution is 6.22. The van der Waals surface area contributed by atoms with Crippen molar-refractivity contribution >= 4 is 17.7 Å².